The van der Waals surface area contributed by atoms with Crippen molar-refractivity contribution in [3.63, 3.8) is 0 Å². The van der Waals surface area contributed by atoms with Crippen LogP contribution in [0.15, 0.2) is 73.3 Å². The van der Waals surface area contributed by atoms with Crippen molar-refractivity contribution in [1.29, 1.82) is 0 Å². The van der Waals surface area contributed by atoms with Crippen LogP contribution in [0, 0.1) is 27.7 Å². The Balaban J connectivity index is 0.000000198. The number of nitrogens with one attached hydrogen (secondary N) is 4. The molecule has 0 saturated carbocycles. The highest BCUT2D eigenvalue weighted by Crippen LogP contribution is 2.38. The zero-order valence-electron chi connectivity index (χ0n) is 38.9. The molecule has 2 aromatic carbocycles. The van der Waals surface area contributed by atoms with Gasteiger partial charge in [0.05, 0.1) is 58.4 Å². The quantitative estimate of drug-likeness (QED) is 0.0579. The van der Waals surface area contributed by atoms with E-state index in [1.165, 1.54) is 0 Å². The molecule has 2 amide bonds. The van der Waals surface area contributed by atoms with Gasteiger partial charge in [0, 0.05) is 60.3 Å². The van der Waals surface area contributed by atoms with Gasteiger partial charge in [-0.15, -0.1) is 0 Å². The maximum atomic E-state index is 12.4. The minimum absolute atomic E-state index is 0.0600. The SMILES string of the molecule is Cc1ccc2c(c1)NC(=O)Cc1cnc(Nc3cc(CCCO)cnc3C)nc1-2.Cc1ccc2c(c1)NC(=O)Cc1cnc(Nc3cc(CCCO[Si](C)(C)C(C)(C)C)cnc3C)nc1-2. The maximum absolute atomic E-state index is 12.4. The topological polar surface area (TPSA) is 189 Å². The molecule has 6 heterocycles. The predicted molar refractivity (Wildman–Crippen MR) is 260 cm³/mol. The van der Waals surface area contributed by atoms with Crippen molar-refractivity contribution in [3.05, 3.63) is 118 Å². The van der Waals surface area contributed by atoms with E-state index >= 15 is 0 Å². The summed E-state index contributed by atoms with van der Waals surface area (Å²) in [6.45, 7) is 20.2. The van der Waals surface area contributed by atoms with Gasteiger partial charge in [0.15, 0.2) is 8.32 Å². The van der Waals surface area contributed by atoms with E-state index in [9.17, 15) is 9.59 Å². The van der Waals surface area contributed by atoms with E-state index in [1.807, 2.05) is 82.6 Å². The number of nitrogens with zero attached hydrogens (tertiary/aromatic N) is 6. The molecule has 15 heteroatoms. The van der Waals surface area contributed by atoms with Crippen molar-refractivity contribution in [2.75, 3.05) is 34.5 Å². The van der Waals surface area contributed by atoms with E-state index in [0.29, 0.717) is 18.3 Å². The van der Waals surface area contributed by atoms with Gasteiger partial charge in [0.2, 0.25) is 23.7 Å². The van der Waals surface area contributed by atoms with E-state index in [-0.39, 0.29) is 36.3 Å². The first-order valence-electron chi connectivity index (χ1n) is 22.2. The number of aliphatic hydroxyl groups is 1. The van der Waals surface area contributed by atoms with Gasteiger partial charge in [0.25, 0.3) is 0 Å². The third kappa shape index (κ3) is 11.5. The van der Waals surface area contributed by atoms with E-state index in [1.54, 1.807) is 12.4 Å². The minimum atomic E-state index is -1.73. The first kappa shape index (κ1) is 46.6. The van der Waals surface area contributed by atoms with Crippen LogP contribution in [0.5, 0.6) is 0 Å². The van der Waals surface area contributed by atoms with Crippen LogP contribution in [0.25, 0.3) is 22.5 Å². The summed E-state index contributed by atoms with van der Waals surface area (Å²) in [7, 11) is -1.73. The average Bonchev–Trinajstić information content (AvgIpc) is 3.47. The fraction of sp³-hybridized carbons (Fsp3) is 0.360. The van der Waals surface area contributed by atoms with Crippen LogP contribution >= 0.6 is 0 Å². The third-order valence-corrected chi connectivity index (χ3v) is 16.7. The average molecular weight is 893 g/mol. The van der Waals surface area contributed by atoms with Crippen molar-refractivity contribution < 1.29 is 19.1 Å². The number of aryl methyl sites for hydroxylation is 6. The molecule has 0 aliphatic carbocycles. The van der Waals surface area contributed by atoms with Gasteiger partial charge >= 0.3 is 0 Å². The molecule has 0 unspecified atom stereocenters. The van der Waals surface area contributed by atoms with Gasteiger partial charge in [-0.3, -0.25) is 19.6 Å². The lowest BCUT2D eigenvalue weighted by atomic mass is 10.0. The lowest BCUT2D eigenvalue weighted by Gasteiger charge is -2.36. The molecule has 2 aliphatic heterocycles. The summed E-state index contributed by atoms with van der Waals surface area (Å²) in [5.41, 5.74) is 14.2. The number of carbonyl (C=O) groups excluding carboxylic acids is 2. The van der Waals surface area contributed by atoms with Gasteiger partial charge in [0.1, 0.15) is 0 Å². The molecule has 0 atom stereocenters. The van der Waals surface area contributed by atoms with E-state index in [4.69, 9.17) is 19.5 Å². The van der Waals surface area contributed by atoms with Crippen molar-refractivity contribution in [2.45, 2.75) is 105 Å². The molecule has 14 nitrogen and oxygen atoms in total. The Hall–Kier alpha value is -6.42. The van der Waals surface area contributed by atoms with Crippen LogP contribution in [-0.4, -0.2) is 68.4 Å². The fourth-order valence-corrected chi connectivity index (χ4v) is 8.44. The Morgan fingerprint density at radius 1 is 0.662 bits per heavy atom. The smallest absolute Gasteiger partial charge is 0.228 e. The molecule has 4 aromatic heterocycles. The standard InChI is InChI=1S/C28H37N5O2Si.C22H23N5O2/c1-18-10-11-22-24(13-18)31-25(34)15-21-17-30-27(33-26(21)22)32-23-14-20(16-29-19(23)2)9-8-12-35-36(6,7)28(3,4)5;1-13-5-6-17-19(8-13)25-20(29)10-16-12-24-22(27-21(16)17)26-18-9-15(4-3-7-28)11-23-14(18)2/h10-11,13-14,16-17H,8-9,12,15H2,1-7H3,(H,31,34)(H,30,32,33);5-6,8-9,11-12,28H,3-4,7,10H2,1-2H3,(H,25,29)(H,24,26,27). The van der Waals surface area contributed by atoms with Gasteiger partial charge in [-0.2, -0.15) is 0 Å². The zero-order chi connectivity index (χ0) is 46.5. The van der Waals surface area contributed by atoms with Crippen LogP contribution in [0.3, 0.4) is 0 Å². The fourth-order valence-electron chi connectivity index (χ4n) is 7.35. The van der Waals surface area contributed by atoms with Crippen LogP contribution < -0.4 is 21.3 Å². The summed E-state index contributed by atoms with van der Waals surface area (Å²) in [4.78, 5) is 52.1. The molecule has 65 heavy (non-hydrogen) atoms. The number of benzene rings is 2. The highest BCUT2D eigenvalue weighted by molar-refractivity contribution is 6.74. The van der Waals surface area contributed by atoms with Crippen LogP contribution in [0.4, 0.5) is 34.6 Å². The number of carbonyl (C=O) groups is 2. The number of rotatable bonds is 12. The predicted octanol–water partition coefficient (Wildman–Crippen LogP) is 9.67. The Bertz CT molecular complexity index is 2730. The number of fused-ring (bicyclic) bond motifs is 6. The number of pyridine rings is 2. The Morgan fingerprint density at radius 3 is 1.57 bits per heavy atom. The van der Waals surface area contributed by atoms with E-state index < -0.39 is 8.32 Å². The van der Waals surface area contributed by atoms with Gasteiger partial charge in [-0.05, 0) is 118 Å². The first-order chi connectivity index (χ1) is 31.0. The van der Waals surface area contributed by atoms with Gasteiger partial charge in [-0.1, -0.05) is 45.0 Å². The summed E-state index contributed by atoms with van der Waals surface area (Å²) >= 11 is 0. The molecule has 0 spiro atoms. The van der Waals surface area contributed by atoms with Crippen molar-refractivity contribution >= 4 is 54.8 Å². The third-order valence-electron chi connectivity index (χ3n) is 12.1. The van der Waals surface area contributed by atoms with Crippen molar-refractivity contribution in [2.24, 2.45) is 0 Å². The molecule has 0 fully saturated rings. The van der Waals surface area contributed by atoms with Crippen LogP contribution in [0.2, 0.25) is 18.1 Å². The summed E-state index contributed by atoms with van der Waals surface area (Å²) in [6, 6.07) is 16.1. The molecule has 0 bridgehead atoms. The second-order valence-electron chi connectivity index (χ2n) is 18.4. The van der Waals surface area contributed by atoms with E-state index in [0.717, 1.165) is 116 Å². The van der Waals surface area contributed by atoms with Crippen molar-refractivity contribution in [1.82, 2.24) is 29.9 Å². The summed E-state index contributed by atoms with van der Waals surface area (Å²) in [6.07, 6.45) is 11.0. The highest BCUT2D eigenvalue weighted by atomic mass is 28.4. The number of hydrogen-bond donors (Lipinski definition) is 5. The second kappa shape index (κ2) is 19.8. The molecular weight excluding hydrogens is 833 g/mol. The van der Waals surface area contributed by atoms with Crippen molar-refractivity contribution in [3.8, 4) is 22.5 Å². The number of hydrogen-bond acceptors (Lipinski definition) is 12. The number of amides is 2. The maximum Gasteiger partial charge on any atom is 0.228 e. The molecule has 5 N–H and O–H groups in total. The normalized spacial score (nSPS) is 13.1. The minimum Gasteiger partial charge on any atom is -0.417 e. The molecule has 0 radical (unpaired) electrons. The van der Waals surface area contributed by atoms with Crippen LogP contribution in [0.1, 0.15) is 78.4 Å². The molecular formula is C50H60N10O4Si. The number of aliphatic hydroxyl groups excluding tert-OH is 1. The zero-order valence-corrected chi connectivity index (χ0v) is 39.9. The summed E-state index contributed by atoms with van der Waals surface area (Å²) in [5.74, 6) is 0.804. The second-order valence-corrected chi connectivity index (χ2v) is 23.2. The Labute approximate surface area is 382 Å². The molecule has 338 valence electrons. The number of anilines is 6. The Morgan fingerprint density at radius 2 is 1.12 bits per heavy atom. The molecule has 2 aliphatic rings. The largest absolute Gasteiger partial charge is 0.417 e. The highest BCUT2D eigenvalue weighted by Gasteiger charge is 2.36. The first-order valence-corrected chi connectivity index (χ1v) is 25.1. The monoisotopic (exact) mass is 892 g/mol. The molecule has 8 rings (SSSR count). The molecule has 6 aromatic rings. The summed E-state index contributed by atoms with van der Waals surface area (Å²) < 4.78 is 6.33. The van der Waals surface area contributed by atoms with Gasteiger partial charge in [-0.25, -0.2) is 19.9 Å². The van der Waals surface area contributed by atoms with E-state index in [2.05, 4.69) is 81.1 Å². The molecule has 0 saturated heterocycles. The van der Waals surface area contributed by atoms with Crippen LogP contribution in [-0.2, 0) is 39.7 Å². The Kier molecular flexibility index (Phi) is 14.2. The summed E-state index contributed by atoms with van der Waals surface area (Å²) in [5, 5.41) is 21.8. The van der Waals surface area contributed by atoms with Gasteiger partial charge < -0.3 is 30.8 Å². The lowest BCUT2D eigenvalue weighted by Crippen LogP contribution is -2.41. The lowest BCUT2D eigenvalue weighted by molar-refractivity contribution is -0.116. The number of aromatic nitrogens is 6.